The molecule has 0 radical (unpaired) electrons. The number of carbonyl (C=O) groups is 4. The van der Waals surface area contributed by atoms with Crippen LogP contribution in [0.5, 0.6) is 0 Å². The van der Waals surface area contributed by atoms with Crippen LogP contribution in [0.15, 0.2) is 48.5 Å². The smallest absolute Gasteiger partial charge is 0.338 e. The summed E-state index contributed by atoms with van der Waals surface area (Å²) in [6.45, 7) is 3.53. The summed E-state index contributed by atoms with van der Waals surface area (Å²) in [6.07, 6.45) is 0.312. The molecule has 1 aliphatic heterocycles. The van der Waals surface area contributed by atoms with Crippen LogP contribution in [0.4, 0.5) is 11.4 Å². The van der Waals surface area contributed by atoms with Crippen LogP contribution < -0.4 is 10.2 Å². The lowest BCUT2D eigenvalue weighted by molar-refractivity contribution is -0.117. The topological polar surface area (TPSA) is 92.8 Å². The molecule has 7 nitrogen and oxygen atoms in total. The van der Waals surface area contributed by atoms with E-state index in [0.29, 0.717) is 29.9 Å². The fourth-order valence-corrected chi connectivity index (χ4v) is 3.16. The fourth-order valence-electron chi connectivity index (χ4n) is 3.16. The average Bonchev–Trinajstić information content (AvgIpc) is 3.13. The Morgan fingerprint density at radius 2 is 1.79 bits per heavy atom. The number of anilines is 2. The highest BCUT2D eigenvalue weighted by molar-refractivity contribution is 6.02. The van der Waals surface area contributed by atoms with Crippen LogP contribution in [0.1, 0.15) is 47.4 Å². The minimum absolute atomic E-state index is 0.0294. The predicted octanol–water partition coefficient (Wildman–Crippen LogP) is 3.20. The molecule has 0 bridgehead atoms. The van der Waals surface area contributed by atoms with Gasteiger partial charge in [0, 0.05) is 36.8 Å². The summed E-state index contributed by atoms with van der Waals surface area (Å²) in [5, 5.41) is 2.62. The Hall–Kier alpha value is -3.48. The molecule has 2 aromatic carbocycles. The van der Waals surface area contributed by atoms with Crippen LogP contribution in [0.25, 0.3) is 0 Å². The summed E-state index contributed by atoms with van der Waals surface area (Å²) in [5.41, 5.74) is 1.88. The molecule has 3 rings (SSSR count). The number of nitrogens with zero attached hydrogens (tertiary/aromatic N) is 1. The Bertz CT molecular complexity index is 952. The Morgan fingerprint density at radius 1 is 1.07 bits per heavy atom. The van der Waals surface area contributed by atoms with Crippen molar-refractivity contribution in [3.8, 4) is 0 Å². The van der Waals surface area contributed by atoms with Crippen molar-refractivity contribution in [2.45, 2.75) is 32.8 Å². The largest absolute Gasteiger partial charge is 0.451 e. The van der Waals surface area contributed by atoms with E-state index in [4.69, 9.17) is 4.74 Å². The molecule has 0 unspecified atom stereocenters. The normalized spacial score (nSPS) is 14.4. The van der Waals surface area contributed by atoms with Crippen LogP contribution in [-0.2, 0) is 14.3 Å². The maximum atomic E-state index is 12.5. The molecule has 150 valence electrons. The van der Waals surface area contributed by atoms with Crippen LogP contribution in [0, 0.1) is 0 Å². The van der Waals surface area contributed by atoms with E-state index in [1.807, 2.05) is 0 Å². The first kappa shape index (κ1) is 20.3. The molecule has 0 saturated carbocycles. The summed E-state index contributed by atoms with van der Waals surface area (Å²) < 4.78 is 5.33. The number of carbonyl (C=O) groups excluding carboxylic acids is 4. The Morgan fingerprint density at radius 3 is 2.41 bits per heavy atom. The van der Waals surface area contributed by atoms with E-state index in [2.05, 4.69) is 5.32 Å². The van der Waals surface area contributed by atoms with Gasteiger partial charge in [-0.15, -0.1) is 0 Å². The first-order valence-corrected chi connectivity index (χ1v) is 9.38. The quantitative estimate of drug-likeness (QED) is 0.600. The molecule has 2 amide bonds. The van der Waals surface area contributed by atoms with Gasteiger partial charge in [0.1, 0.15) is 0 Å². The number of hydrogen-bond donors (Lipinski definition) is 1. The first-order chi connectivity index (χ1) is 13.8. The second-order valence-electron chi connectivity index (χ2n) is 6.87. The third kappa shape index (κ3) is 4.87. The van der Waals surface area contributed by atoms with Crippen LogP contribution in [0.3, 0.4) is 0 Å². The standard InChI is InChI=1S/C22H22N2O5/c1-14(21(27)16-8-10-18(11-9-16)23-15(2)25)29-22(28)17-5-3-6-19(13-17)24-12-4-7-20(24)26/h3,5-6,8-11,13-14H,4,7,12H2,1-2H3,(H,23,25)/t14-/m0/s1. The summed E-state index contributed by atoms with van der Waals surface area (Å²) >= 11 is 0. The van der Waals surface area contributed by atoms with E-state index in [9.17, 15) is 19.2 Å². The van der Waals surface area contributed by atoms with Gasteiger partial charge < -0.3 is 15.0 Å². The van der Waals surface area contributed by atoms with Crippen LogP contribution in [0.2, 0.25) is 0 Å². The van der Waals surface area contributed by atoms with Gasteiger partial charge >= 0.3 is 5.97 Å². The van der Waals surface area contributed by atoms with Crippen molar-refractivity contribution in [2.24, 2.45) is 0 Å². The molecule has 0 spiro atoms. The van der Waals surface area contributed by atoms with E-state index in [-0.39, 0.29) is 23.2 Å². The fraction of sp³-hybridized carbons (Fsp3) is 0.273. The van der Waals surface area contributed by atoms with Gasteiger partial charge in [-0.2, -0.15) is 0 Å². The average molecular weight is 394 g/mol. The second-order valence-corrected chi connectivity index (χ2v) is 6.87. The van der Waals surface area contributed by atoms with Gasteiger partial charge in [0.05, 0.1) is 5.56 Å². The zero-order valence-corrected chi connectivity index (χ0v) is 16.3. The monoisotopic (exact) mass is 394 g/mol. The zero-order valence-electron chi connectivity index (χ0n) is 16.3. The number of amides is 2. The number of Topliss-reactive ketones (excluding diaryl/α,β-unsaturated/α-hetero) is 1. The SMILES string of the molecule is CC(=O)Nc1ccc(C(=O)[C@H](C)OC(=O)c2cccc(N3CCCC3=O)c2)cc1. The molecule has 1 saturated heterocycles. The van der Waals surface area contributed by atoms with Crippen molar-refractivity contribution in [1.82, 2.24) is 0 Å². The predicted molar refractivity (Wildman–Crippen MR) is 108 cm³/mol. The van der Waals surface area contributed by atoms with Gasteiger partial charge in [0.25, 0.3) is 0 Å². The molecule has 7 heteroatoms. The van der Waals surface area contributed by atoms with Crippen molar-refractivity contribution in [3.05, 3.63) is 59.7 Å². The van der Waals surface area contributed by atoms with E-state index in [0.717, 1.165) is 6.42 Å². The number of hydrogen-bond acceptors (Lipinski definition) is 5. The van der Waals surface area contributed by atoms with Crippen molar-refractivity contribution in [1.29, 1.82) is 0 Å². The van der Waals surface area contributed by atoms with E-state index < -0.39 is 12.1 Å². The Balaban J connectivity index is 1.66. The lowest BCUT2D eigenvalue weighted by Gasteiger charge is -2.17. The molecule has 0 aliphatic carbocycles. The number of rotatable bonds is 6. The maximum Gasteiger partial charge on any atom is 0.338 e. The van der Waals surface area contributed by atoms with Crippen LogP contribution in [-0.4, -0.2) is 36.2 Å². The maximum absolute atomic E-state index is 12.5. The number of nitrogens with one attached hydrogen (secondary N) is 1. The van der Waals surface area contributed by atoms with E-state index in [1.165, 1.54) is 13.8 Å². The number of ketones is 1. The number of ether oxygens (including phenoxy) is 1. The highest BCUT2D eigenvalue weighted by atomic mass is 16.5. The zero-order chi connectivity index (χ0) is 21.0. The van der Waals surface area contributed by atoms with E-state index in [1.54, 1.807) is 53.4 Å². The molecule has 1 N–H and O–H groups in total. The summed E-state index contributed by atoms with van der Waals surface area (Å²) in [6, 6.07) is 13.0. The lowest BCUT2D eigenvalue weighted by atomic mass is 10.1. The lowest BCUT2D eigenvalue weighted by Crippen LogP contribution is -2.25. The number of benzene rings is 2. The molecular formula is C22H22N2O5. The molecule has 1 aliphatic rings. The minimum Gasteiger partial charge on any atom is -0.451 e. The summed E-state index contributed by atoms with van der Waals surface area (Å²) in [5.74, 6) is -1.15. The van der Waals surface area contributed by atoms with Gasteiger partial charge in [0.15, 0.2) is 6.10 Å². The van der Waals surface area contributed by atoms with E-state index >= 15 is 0 Å². The molecule has 1 fully saturated rings. The number of esters is 1. The van der Waals surface area contributed by atoms with Crippen LogP contribution >= 0.6 is 0 Å². The third-order valence-corrected chi connectivity index (χ3v) is 4.61. The second kappa shape index (κ2) is 8.68. The first-order valence-electron chi connectivity index (χ1n) is 9.38. The highest BCUT2D eigenvalue weighted by Crippen LogP contribution is 2.23. The van der Waals surface area contributed by atoms with Gasteiger partial charge in [-0.3, -0.25) is 14.4 Å². The molecule has 29 heavy (non-hydrogen) atoms. The van der Waals surface area contributed by atoms with Crippen molar-refractivity contribution < 1.29 is 23.9 Å². The van der Waals surface area contributed by atoms with Gasteiger partial charge in [-0.1, -0.05) is 6.07 Å². The molecular weight excluding hydrogens is 372 g/mol. The van der Waals surface area contributed by atoms with Gasteiger partial charge in [0.2, 0.25) is 17.6 Å². The molecule has 0 aromatic heterocycles. The van der Waals surface area contributed by atoms with Gasteiger partial charge in [-0.25, -0.2) is 4.79 Å². The summed E-state index contributed by atoms with van der Waals surface area (Å²) in [7, 11) is 0. The van der Waals surface area contributed by atoms with Gasteiger partial charge in [-0.05, 0) is 55.8 Å². The Labute approximate surface area is 168 Å². The highest BCUT2D eigenvalue weighted by Gasteiger charge is 2.24. The van der Waals surface area contributed by atoms with Crippen molar-refractivity contribution in [3.63, 3.8) is 0 Å². The molecule has 2 aromatic rings. The Kier molecular flexibility index (Phi) is 6.07. The molecule has 1 heterocycles. The molecule has 1 atom stereocenters. The minimum atomic E-state index is -0.980. The van der Waals surface area contributed by atoms with Crippen molar-refractivity contribution in [2.75, 3.05) is 16.8 Å². The van der Waals surface area contributed by atoms with Crippen molar-refractivity contribution >= 4 is 34.9 Å². The summed E-state index contributed by atoms with van der Waals surface area (Å²) in [4.78, 5) is 49.6. The third-order valence-electron chi connectivity index (χ3n) is 4.61.